The Hall–Kier alpha value is -1.73. The molecule has 6 nitrogen and oxygen atoms in total. The number of hydrogen-bond acceptors (Lipinski definition) is 5. The highest BCUT2D eigenvalue weighted by Crippen LogP contribution is 2.15. The second-order valence-corrected chi connectivity index (χ2v) is 6.00. The smallest absolute Gasteiger partial charge is 0.239 e. The largest absolute Gasteiger partial charge is 0.748 e. The van der Waals surface area contributed by atoms with Gasteiger partial charge in [-0.2, -0.15) is 0 Å². The zero-order chi connectivity index (χ0) is 15.3. The second-order valence-electron chi connectivity index (χ2n) is 4.60. The Morgan fingerprint density at radius 1 is 1.30 bits per heavy atom. The standard InChI is InChI=1S/C12H15N2O.CH4O3S/c1-10(15)11-3-5-12(6-4-11)14-8-7-13(2)9-14;1-5(2,3)4/h3-6,9H,7-8H2,1-2H3;1H3,(H,2,3,4)/q+1;/p-1. The third kappa shape index (κ3) is 5.94. The van der Waals surface area contributed by atoms with Crippen LogP contribution in [-0.2, 0) is 10.1 Å². The minimum atomic E-state index is -3.92. The molecule has 1 aliphatic heterocycles. The number of benzene rings is 1. The van der Waals surface area contributed by atoms with Crippen LogP contribution in [0.4, 0.5) is 5.69 Å². The number of anilines is 1. The molecular formula is C13H18N2O4S. The third-order valence-electron chi connectivity index (χ3n) is 2.64. The van der Waals surface area contributed by atoms with E-state index in [0.29, 0.717) is 6.26 Å². The minimum absolute atomic E-state index is 0.115. The van der Waals surface area contributed by atoms with Gasteiger partial charge in [-0.05, 0) is 31.2 Å². The van der Waals surface area contributed by atoms with E-state index in [0.717, 1.165) is 24.3 Å². The van der Waals surface area contributed by atoms with Gasteiger partial charge in [0.25, 0.3) is 0 Å². The molecule has 110 valence electrons. The molecule has 1 heterocycles. The van der Waals surface area contributed by atoms with Crippen LogP contribution in [0.5, 0.6) is 0 Å². The summed E-state index contributed by atoms with van der Waals surface area (Å²) in [5.74, 6) is 0.115. The summed E-state index contributed by atoms with van der Waals surface area (Å²) in [6.07, 6.45) is 2.69. The molecule has 0 bridgehead atoms. The molecule has 0 aromatic heterocycles. The van der Waals surface area contributed by atoms with Gasteiger partial charge in [-0.15, -0.1) is 0 Å². The van der Waals surface area contributed by atoms with Gasteiger partial charge in [-0.1, -0.05) is 0 Å². The van der Waals surface area contributed by atoms with Crippen LogP contribution < -0.4 is 4.90 Å². The molecule has 0 radical (unpaired) electrons. The maximum Gasteiger partial charge on any atom is 0.239 e. The van der Waals surface area contributed by atoms with Gasteiger partial charge in [0.1, 0.15) is 18.8 Å². The van der Waals surface area contributed by atoms with Crippen LogP contribution in [-0.4, -0.2) is 56.1 Å². The molecule has 0 atom stereocenters. The Balaban J connectivity index is 0.000000347. The van der Waals surface area contributed by atoms with E-state index in [2.05, 4.69) is 22.9 Å². The summed E-state index contributed by atoms with van der Waals surface area (Å²) in [4.78, 5) is 13.3. The van der Waals surface area contributed by atoms with E-state index < -0.39 is 10.1 Å². The summed E-state index contributed by atoms with van der Waals surface area (Å²) in [5, 5.41) is 0. The van der Waals surface area contributed by atoms with E-state index in [-0.39, 0.29) is 5.78 Å². The number of likely N-dealkylation sites (N-methyl/N-ethyl adjacent to an activating group) is 1. The van der Waals surface area contributed by atoms with Crippen LogP contribution in [0, 0.1) is 0 Å². The zero-order valence-corrected chi connectivity index (χ0v) is 12.6. The maximum atomic E-state index is 11.1. The van der Waals surface area contributed by atoms with Crippen LogP contribution in [0.25, 0.3) is 0 Å². The van der Waals surface area contributed by atoms with Crippen molar-refractivity contribution >= 4 is 27.9 Å². The van der Waals surface area contributed by atoms with Crippen molar-refractivity contribution in [1.82, 2.24) is 0 Å². The molecule has 7 heteroatoms. The molecule has 20 heavy (non-hydrogen) atoms. The fraction of sp³-hybridized carbons (Fsp3) is 0.385. The van der Waals surface area contributed by atoms with Gasteiger partial charge in [0.15, 0.2) is 5.78 Å². The Labute approximate surface area is 119 Å². The third-order valence-corrected chi connectivity index (χ3v) is 2.64. The average Bonchev–Trinajstić information content (AvgIpc) is 2.74. The van der Waals surface area contributed by atoms with E-state index in [1.165, 1.54) is 0 Å². The first kappa shape index (κ1) is 16.3. The molecule has 1 aromatic carbocycles. The Morgan fingerprint density at radius 2 is 1.80 bits per heavy atom. The topological polar surface area (TPSA) is 80.5 Å². The number of carbonyl (C=O) groups excluding carboxylic acids is 1. The number of carbonyl (C=O) groups is 1. The first-order valence-electron chi connectivity index (χ1n) is 6.00. The van der Waals surface area contributed by atoms with Crippen LogP contribution in [0.15, 0.2) is 24.3 Å². The minimum Gasteiger partial charge on any atom is -0.748 e. The van der Waals surface area contributed by atoms with Crippen molar-refractivity contribution in [1.29, 1.82) is 0 Å². The molecule has 1 aliphatic rings. The molecule has 0 saturated carbocycles. The lowest BCUT2D eigenvalue weighted by Gasteiger charge is -2.06. The van der Waals surface area contributed by atoms with E-state index >= 15 is 0 Å². The molecule has 0 saturated heterocycles. The summed E-state index contributed by atoms with van der Waals surface area (Å²) in [7, 11) is -1.86. The van der Waals surface area contributed by atoms with Gasteiger partial charge < -0.3 is 4.55 Å². The first-order chi connectivity index (χ1) is 9.16. The number of nitrogens with zero attached hydrogens (tertiary/aromatic N) is 2. The van der Waals surface area contributed by atoms with E-state index in [1.54, 1.807) is 6.92 Å². The lowest BCUT2D eigenvalue weighted by atomic mass is 10.1. The van der Waals surface area contributed by atoms with Crippen molar-refractivity contribution in [3.8, 4) is 0 Å². The van der Waals surface area contributed by atoms with Crippen molar-refractivity contribution in [2.24, 2.45) is 0 Å². The van der Waals surface area contributed by atoms with Crippen LogP contribution in [0.2, 0.25) is 0 Å². The lowest BCUT2D eigenvalue weighted by molar-refractivity contribution is -0.481. The molecule has 0 amide bonds. The molecule has 0 fully saturated rings. The van der Waals surface area contributed by atoms with Gasteiger partial charge in [0, 0.05) is 11.8 Å². The molecule has 0 N–H and O–H groups in total. The van der Waals surface area contributed by atoms with Gasteiger partial charge >= 0.3 is 0 Å². The molecule has 0 spiro atoms. The van der Waals surface area contributed by atoms with Crippen LogP contribution in [0.1, 0.15) is 17.3 Å². The maximum absolute atomic E-state index is 11.1. The van der Waals surface area contributed by atoms with Gasteiger partial charge in [0.05, 0.1) is 17.2 Å². The number of Topliss-reactive ketones (excluding diaryl/α,β-unsaturated/α-hetero) is 1. The van der Waals surface area contributed by atoms with E-state index in [1.807, 2.05) is 24.3 Å². The van der Waals surface area contributed by atoms with Crippen molar-refractivity contribution < 1.29 is 22.3 Å². The van der Waals surface area contributed by atoms with Gasteiger partial charge in [0.2, 0.25) is 6.34 Å². The lowest BCUT2D eigenvalue weighted by Crippen LogP contribution is -2.17. The number of hydrogen-bond donors (Lipinski definition) is 0. The molecular weight excluding hydrogens is 280 g/mol. The zero-order valence-electron chi connectivity index (χ0n) is 11.7. The summed E-state index contributed by atoms with van der Waals surface area (Å²) in [6.45, 7) is 3.65. The average molecular weight is 298 g/mol. The fourth-order valence-electron chi connectivity index (χ4n) is 1.70. The number of rotatable bonds is 2. The summed E-state index contributed by atoms with van der Waals surface area (Å²) in [5.41, 5.74) is 1.91. The normalized spacial score (nSPS) is 14.4. The van der Waals surface area contributed by atoms with Crippen molar-refractivity contribution in [3.05, 3.63) is 29.8 Å². The quantitative estimate of drug-likeness (QED) is 0.452. The van der Waals surface area contributed by atoms with Crippen molar-refractivity contribution in [2.45, 2.75) is 6.92 Å². The predicted molar refractivity (Wildman–Crippen MR) is 76.5 cm³/mol. The monoisotopic (exact) mass is 298 g/mol. The van der Waals surface area contributed by atoms with Gasteiger partial charge in [-0.25, -0.2) is 13.3 Å². The summed E-state index contributed by atoms with van der Waals surface area (Å²) >= 11 is 0. The number of ketones is 1. The molecule has 2 rings (SSSR count). The first-order valence-corrected chi connectivity index (χ1v) is 7.82. The second kappa shape index (κ2) is 6.62. The van der Waals surface area contributed by atoms with Crippen molar-refractivity contribution in [2.75, 3.05) is 31.3 Å². The molecule has 1 aromatic rings. The Kier molecular flexibility index (Phi) is 5.41. The summed E-state index contributed by atoms with van der Waals surface area (Å²) < 4.78 is 29.4. The highest BCUT2D eigenvalue weighted by molar-refractivity contribution is 7.84. The predicted octanol–water partition coefficient (Wildman–Crippen LogP) is 0.541. The van der Waals surface area contributed by atoms with E-state index in [4.69, 9.17) is 13.0 Å². The Bertz CT molecular complexity index is 598. The van der Waals surface area contributed by atoms with E-state index in [9.17, 15) is 4.79 Å². The van der Waals surface area contributed by atoms with Gasteiger partial charge in [-0.3, -0.25) is 9.37 Å². The van der Waals surface area contributed by atoms with Crippen LogP contribution >= 0.6 is 0 Å². The molecule has 0 aliphatic carbocycles. The highest BCUT2D eigenvalue weighted by atomic mass is 32.2. The molecule has 0 unspecified atom stereocenters. The highest BCUT2D eigenvalue weighted by Gasteiger charge is 2.18. The fourth-order valence-corrected chi connectivity index (χ4v) is 1.70. The SMILES string of the molecule is CC(=O)c1ccc(N2C=[N+](C)CC2)cc1.CS(=O)(=O)[O-]. The van der Waals surface area contributed by atoms with Crippen molar-refractivity contribution in [3.63, 3.8) is 0 Å². The Morgan fingerprint density at radius 3 is 2.15 bits per heavy atom. The summed E-state index contributed by atoms with van der Waals surface area (Å²) in [6, 6.07) is 7.74. The van der Waals surface area contributed by atoms with Crippen LogP contribution in [0.3, 0.4) is 0 Å².